The Kier molecular flexibility index (Phi) is 8.95. The fourth-order valence-corrected chi connectivity index (χ4v) is 7.47. The Morgan fingerprint density at radius 2 is 0.898 bits per heavy atom. The minimum absolute atomic E-state index is 0.289. The highest BCUT2D eigenvalue weighted by atomic mass is 16.5. The van der Waals surface area contributed by atoms with Crippen LogP contribution in [0.4, 0.5) is 0 Å². The van der Waals surface area contributed by atoms with Crippen LogP contribution in [0.25, 0.3) is 54.9 Å². The molecule has 0 aliphatic heterocycles. The highest BCUT2D eigenvalue weighted by Gasteiger charge is 2.43. The van der Waals surface area contributed by atoms with Crippen molar-refractivity contribution in [3.63, 3.8) is 0 Å². The average molecular weight is 643 g/mol. The molecule has 4 nitrogen and oxygen atoms in total. The highest BCUT2D eigenvalue weighted by Crippen LogP contribution is 2.55. The van der Waals surface area contributed by atoms with Gasteiger partial charge in [-0.3, -0.25) is 0 Å². The van der Waals surface area contributed by atoms with Crippen LogP contribution in [0.3, 0.4) is 0 Å². The van der Waals surface area contributed by atoms with E-state index in [4.69, 9.17) is 9.47 Å². The van der Waals surface area contributed by atoms with Crippen molar-refractivity contribution < 1.29 is 19.1 Å². The number of carbonyl (C=O) groups is 2. The van der Waals surface area contributed by atoms with Gasteiger partial charge in [0.15, 0.2) is 0 Å². The van der Waals surface area contributed by atoms with E-state index in [-0.39, 0.29) is 13.2 Å². The molecule has 0 saturated heterocycles. The third-order valence-corrected chi connectivity index (χ3v) is 9.84. The van der Waals surface area contributed by atoms with Crippen LogP contribution in [0.5, 0.6) is 0 Å². The van der Waals surface area contributed by atoms with Crippen LogP contribution in [-0.2, 0) is 24.5 Å². The minimum Gasteiger partial charge on any atom is -0.463 e. The molecule has 0 fully saturated rings. The van der Waals surface area contributed by atoms with Crippen molar-refractivity contribution in [3.05, 3.63) is 158 Å². The second kappa shape index (κ2) is 13.8. The van der Waals surface area contributed by atoms with Gasteiger partial charge < -0.3 is 9.47 Å². The molecule has 0 amide bonds. The molecule has 0 saturated carbocycles. The van der Waals surface area contributed by atoms with Crippen LogP contribution in [-0.4, -0.2) is 25.2 Å². The molecule has 6 aromatic rings. The number of rotatable bonds is 12. The van der Waals surface area contributed by atoms with Crippen LogP contribution in [0.2, 0.25) is 0 Å². The Hall–Kier alpha value is -5.74. The lowest BCUT2D eigenvalue weighted by Gasteiger charge is -2.33. The lowest BCUT2D eigenvalue weighted by Crippen LogP contribution is -2.27. The van der Waals surface area contributed by atoms with Gasteiger partial charge in [-0.15, -0.1) is 0 Å². The molecule has 0 N–H and O–H groups in total. The van der Waals surface area contributed by atoms with E-state index in [2.05, 4.69) is 134 Å². The monoisotopic (exact) mass is 642 g/mol. The molecule has 4 heteroatoms. The zero-order valence-electron chi connectivity index (χ0n) is 27.5. The molecule has 0 aromatic heterocycles. The molecule has 0 heterocycles. The zero-order valence-corrected chi connectivity index (χ0v) is 27.5. The molecule has 242 valence electrons. The molecule has 49 heavy (non-hydrogen) atoms. The Bertz CT molecular complexity index is 2070. The zero-order chi connectivity index (χ0) is 33.8. The van der Waals surface area contributed by atoms with E-state index in [1.807, 2.05) is 0 Å². The normalized spacial score (nSPS) is 12.7. The summed E-state index contributed by atoms with van der Waals surface area (Å²) in [6.07, 6.45) is 5.21. The van der Waals surface area contributed by atoms with E-state index in [0.29, 0.717) is 12.8 Å². The quantitative estimate of drug-likeness (QED) is 0.0757. The number of carbonyl (C=O) groups excluding carboxylic acids is 2. The van der Waals surface area contributed by atoms with E-state index in [1.54, 1.807) is 0 Å². The van der Waals surface area contributed by atoms with Crippen molar-refractivity contribution in [2.75, 3.05) is 13.2 Å². The first-order chi connectivity index (χ1) is 24.0. The first-order valence-corrected chi connectivity index (χ1v) is 16.9. The molecule has 0 radical (unpaired) electrons. The Morgan fingerprint density at radius 1 is 0.510 bits per heavy atom. The van der Waals surface area contributed by atoms with Gasteiger partial charge in [0.05, 0.1) is 13.2 Å². The lowest BCUT2D eigenvalue weighted by atomic mass is 9.70. The molecular formula is C45H38O4. The smallest absolute Gasteiger partial charge is 0.330 e. The average Bonchev–Trinajstić information content (AvgIpc) is 3.42. The highest BCUT2D eigenvalue weighted by molar-refractivity contribution is 5.91. The summed E-state index contributed by atoms with van der Waals surface area (Å²) in [5, 5.41) is 4.81. The summed E-state index contributed by atoms with van der Waals surface area (Å²) in [6, 6.07) is 43.7. The fourth-order valence-electron chi connectivity index (χ4n) is 7.47. The second-order valence-electron chi connectivity index (χ2n) is 12.7. The summed E-state index contributed by atoms with van der Waals surface area (Å²) >= 11 is 0. The SMILES string of the molecule is C=CC(=O)OCCCC1(CCCOC(=O)C=C)c2cc(-c3ccc4ccccc4c3)ccc2-c2ccc(-c3ccc4ccccc4c3)cc21. The maximum absolute atomic E-state index is 12.0. The van der Waals surface area contributed by atoms with Gasteiger partial charge in [0.1, 0.15) is 0 Å². The molecule has 0 atom stereocenters. The lowest BCUT2D eigenvalue weighted by molar-refractivity contribution is -0.138. The van der Waals surface area contributed by atoms with Crippen LogP contribution in [0.1, 0.15) is 36.8 Å². The maximum Gasteiger partial charge on any atom is 0.330 e. The summed E-state index contributed by atoms with van der Waals surface area (Å²) in [7, 11) is 0. The standard InChI is InChI=1S/C45H38O4/c1-3-43(46)48-25-9-23-45(24-10-26-49-44(47)4-2)41-29-37(35-17-15-31-11-5-7-13-33(31)27-35)19-21-39(41)40-22-20-38(30-42(40)45)36-18-16-32-12-6-8-14-34(32)28-36/h3-8,11-22,27-30H,1-2,9-10,23-26H2. The van der Waals surface area contributed by atoms with Gasteiger partial charge >= 0.3 is 11.9 Å². The second-order valence-corrected chi connectivity index (χ2v) is 12.7. The number of ether oxygens (including phenoxy) is 2. The topological polar surface area (TPSA) is 52.6 Å². The van der Waals surface area contributed by atoms with Crippen molar-refractivity contribution in [1.82, 2.24) is 0 Å². The van der Waals surface area contributed by atoms with Crippen LogP contribution < -0.4 is 0 Å². The minimum atomic E-state index is -0.421. The summed E-state index contributed by atoms with van der Waals surface area (Å²) < 4.78 is 10.9. The van der Waals surface area contributed by atoms with Gasteiger partial charge in [-0.1, -0.05) is 110 Å². The first kappa shape index (κ1) is 31.8. The molecule has 0 spiro atoms. The molecule has 6 aromatic carbocycles. The van der Waals surface area contributed by atoms with E-state index >= 15 is 0 Å². The van der Waals surface area contributed by atoms with Gasteiger partial charge in [0.25, 0.3) is 0 Å². The van der Waals surface area contributed by atoms with Crippen molar-refractivity contribution in [3.8, 4) is 33.4 Å². The molecule has 7 rings (SSSR count). The predicted molar refractivity (Wildman–Crippen MR) is 199 cm³/mol. The van der Waals surface area contributed by atoms with Gasteiger partial charge in [-0.2, -0.15) is 0 Å². The fraction of sp³-hybridized carbons (Fsp3) is 0.156. The molecule has 0 bridgehead atoms. The van der Waals surface area contributed by atoms with Crippen molar-refractivity contribution in [2.24, 2.45) is 0 Å². The summed E-state index contributed by atoms with van der Waals surface area (Å²) in [6.45, 7) is 7.68. The van der Waals surface area contributed by atoms with E-state index in [0.717, 1.165) is 35.1 Å². The molecule has 0 unspecified atom stereocenters. The number of esters is 2. The number of hydrogen-bond donors (Lipinski definition) is 0. The Labute approximate surface area is 287 Å². The van der Waals surface area contributed by atoms with Crippen molar-refractivity contribution in [1.29, 1.82) is 0 Å². The number of benzene rings is 6. The summed E-state index contributed by atoms with van der Waals surface area (Å²) in [5.41, 5.74) is 9.09. The Morgan fingerprint density at radius 3 is 1.33 bits per heavy atom. The Balaban J connectivity index is 1.35. The number of hydrogen-bond acceptors (Lipinski definition) is 4. The predicted octanol–water partition coefficient (Wildman–Crippen LogP) is 10.6. The summed E-state index contributed by atoms with van der Waals surface area (Å²) in [5.74, 6) is -0.843. The van der Waals surface area contributed by atoms with Gasteiger partial charge in [0.2, 0.25) is 0 Å². The molecular weight excluding hydrogens is 604 g/mol. The third-order valence-electron chi connectivity index (χ3n) is 9.84. The number of fused-ring (bicyclic) bond motifs is 5. The van der Waals surface area contributed by atoms with Gasteiger partial charge in [-0.25, -0.2) is 9.59 Å². The summed E-state index contributed by atoms with van der Waals surface area (Å²) in [4.78, 5) is 24.0. The van der Waals surface area contributed by atoms with Crippen LogP contribution >= 0.6 is 0 Å². The van der Waals surface area contributed by atoms with Crippen LogP contribution in [0, 0.1) is 0 Å². The van der Waals surface area contributed by atoms with Gasteiger partial charge in [-0.05, 0) is 116 Å². The van der Waals surface area contributed by atoms with Gasteiger partial charge in [0, 0.05) is 17.6 Å². The van der Waals surface area contributed by atoms with E-state index in [1.165, 1.54) is 56.0 Å². The molecule has 1 aliphatic carbocycles. The van der Waals surface area contributed by atoms with Crippen LogP contribution in [0.15, 0.2) is 147 Å². The largest absolute Gasteiger partial charge is 0.463 e. The third kappa shape index (κ3) is 6.30. The van der Waals surface area contributed by atoms with E-state index in [9.17, 15) is 9.59 Å². The van der Waals surface area contributed by atoms with E-state index < -0.39 is 17.4 Å². The molecule has 1 aliphatic rings. The van der Waals surface area contributed by atoms with Crippen molar-refractivity contribution in [2.45, 2.75) is 31.1 Å². The first-order valence-electron chi connectivity index (χ1n) is 16.9. The van der Waals surface area contributed by atoms with Crippen molar-refractivity contribution >= 4 is 33.5 Å². The maximum atomic E-state index is 12.0.